The Bertz CT molecular complexity index is 346. The second-order valence-corrected chi connectivity index (χ2v) is 6.23. The summed E-state index contributed by atoms with van der Waals surface area (Å²) in [6.45, 7) is 3.43. The molecule has 1 aliphatic carbocycles. The molecule has 1 saturated heterocycles. The highest BCUT2D eigenvalue weighted by atomic mass is 16.4. The molecular formula is C14H30BN3O4. The van der Waals surface area contributed by atoms with E-state index in [4.69, 9.17) is 15.8 Å². The molecule has 2 fully saturated rings. The lowest BCUT2D eigenvalue weighted by molar-refractivity contribution is -0.143. The zero-order chi connectivity index (χ0) is 16.7. The van der Waals surface area contributed by atoms with E-state index in [1.807, 2.05) is 0 Å². The first kappa shape index (κ1) is 19.4. The van der Waals surface area contributed by atoms with Crippen molar-refractivity contribution in [2.45, 2.75) is 25.6 Å². The van der Waals surface area contributed by atoms with Gasteiger partial charge in [0.15, 0.2) is 0 Å². The van der Waals surface area contributed by atoms with Gasteiger partial charge in [0.05, 0.1) is 5.92 Å². The maximum Gasteiger partial charge on any atom is 0.451 e. The van der Waals surface area contributed by atoms with Crippen molar-refractivity contribution in [2.75, 3.05) is 33.2 Å². The Morgan fingerprint density at radius 3 is 2.55 bits per heavy atom. The molecule has 7 nitrogen and oxygen atoms in total. The fraction of sp³-hybridized carbons (Fsp3) is 0.929. The van der Waals surface area contributed by atoms with Crippen molar-refractivity contribution < 1.29 is 19.9 Å². The fourth-order valence-corrected chi connectivity index (χ4v) is 4.12. The molecule has 0 aromatic rings. The molecule has 7 N–H and O–H groups in total. The summed E-state index contributed by atoms with van der Waals surface area (Å²) in [5.74, 6) is 0.101. The fourth-order valence-electron chi connectivity index (χ4n) is 4.12. The summed E-state index contributed by atoms with van der Waals surface area (Å²) < 4.78 is 0. The number of hydrogen-bond acceptors (Lipinski definition) is 6. The van der Waals surface area contributed by atoms with E-state index in [1.165, 1.54) is 7.05 Å². The first-order valence-electron chi connectivity index (χ1n) is 8.12. The van der Waals surface area contributed by atoms with E-state index in [-0.39, 0.29) is 11.8 Å². The molecule has 0 unspecified atom stereocenters. The zero-order valence-corrected chi connectivity index (χ0v) is 13.4. The van der Waals surface area contributed by atoms with Crippen LogP contribution in [0.5, 0.6) is 0 Å². The van der Waals surface area contributed by atoms with Crippen LogP contribution < -0.4 is 11.5 Å². The van der Waals surface area contributed by atoms with Crippen LogP contribution >= 0.6 is 0 Å². The van der Waals surface area contributed by atoms with Crippen molar-refractivity contribution in [2.24, 2.45) is 35.1 Å². The van der Waals surface area contributed by atoms with E-state index in [9.17, 15) is 9.90 Å². The molecule has 4 atom stereocenters. The molecule has 128 valence electrons. The zero-order valence-electron chi connectivity index (χ0n) is 13.4. The molecule has 0 aromatic heterocycles. The monoisotopic (exact) mass is 315 g/mol. The third-order valence-corrected chi connectivity index (χ3v) is 4.95. The van der Waals surface area contributed by atoms with Crippen LogP contribution in [-0.4, -0.2) is 66.4 Å². The standard InChI is InChI=1S/C13H25BN2O4.CH5N/c15-4-5-16-7-9-6-11(13(17)18)10(12(9)8-16)2-1-3-14(19)20;1-2/h9-12,19-20H,1-8,15H2,(H,17,18);2H2,1H3/t9-,10+,11+,12+;/m0./s1. The lowest BCUT2D eigenvalue weighted by Crippen LogP contribution is -2.31. The van der Waals surface area contributed by atoms with Crippen LogP contribution in [0.2, 0.25) is 6.32 Å². The van der Waals surface area contributed by atoms with Crippen LogP contribution in [0.3, 0.4) is 0 Å². The Balaban J connectivity index is 0.00000116. The second-order valence-electron chi connectivity index (χ2n) is 6.23. The van der Waals surface area contributed by atoms with Gasteiger partial charge in [-0.25, -0.2) is 0 Å². The molecule has 1 heterocycles. The van der Waals surface area contributed by atoms with Gasteiger partial charge in [-0.2, -0.15) is 0 Å². The van der Waals surface area contributed by atoms with Crippen LogP contribution in [0.4, 0.5) is 0 Å². The minimum absolute atomic E-state index is 0.166. The predicted octanol–water partition coefficient (Wildman–Crippen LogP) is -0.958. The average Bonchev–Trinajstić information content (AvgIpc) is 3.00. The largest absolute Gasteiger partial charge is 0.481 e. The summed E-state index contributed by atoms with van der Waals surface area (Å²) >= 11 is 0. The van der Waals surface area contributed by atoms with Crippen molar-refractivity contribution in [1.82, 2.24) is 4.90 Å². The van der Waals surface area contributed by atoms with Crippen molar-refractivity contribution in [3.05, 3.63) is 0 Å². The quantitative estimate of drug-likeness (QED) is 0.382. The van der Waals surface area contributed by atoms with Gasteiger partial charge in [0, 0.05) is 26.2 Å². The minimum atomic E-state index is -1.28. The highest BCUT2D eigenvalue weighted by molar-refractivity contribution is 6.40. The SMILES string of the molecule is CN.NCCN1C[C@@H]2C[C@@H](C(=O)O)[C@@H](CCCB(O)O)[C@@H]2C1. The molecule has 2 aliphatic rings. The number of nitrogens with two attached hydrogens (primary N) is 2. The second kappa shape index (κ2) is 9.47. The first-order chi connectivity index (χ1) is 10.5. The van der Waals surface area contributed by atoms with Crippen molar-refractivity contribution >= 4 is 13.1 Å². The predicted molar refractivity (Wildman–Crippen MR) is 86.1 cm³/mol. The Labute approximate surface area is 132 Å². The van der Waals surface area contributed by atoms with Crippen LogP contribution in [0.25, 0.3) is 0 Å². The van der Waals surface area contributed by atoms with Crippen LogP contribution in [-0.2, 0) is 4.79 Å². The molecule has 0 bridgehead atoms. The number of likely N-dealkylation sites (tertiary alicyclic amines) is 1. The topological polar surface area (TPSA) is 133 Å². The van der Waals surface area contributed by atoms with Gasteiger partial charge in [0.1, 0.15) is 0 Å². The van der Waals surface area contributed by atoms with Gasteiger partial charge in [-0.1, -0.05) is 6.42 Å². The number of aliphatic carboxylic acids is 1. The number of nitrogens with zero attached hydrogens (tertiary/aromatic N) is 1. The number of carbonyl (C=O) groups is 1. The molecule has 2 rings (SSSR count). The van der Waals surface area contributed by atoms with E-state index in [1.54, 1.807) is 0 Å². The smallest absolute Gasteiger partial charge is 0.451 e. The van der Waals surface area contributed by atoms with Crippen molar-refractivity contribution in [3.63, 3.8) is 0 Å². The molecule has 22 heavy (non-hydrogen) atoms. The lowest BCUT2D eigenvalue weighted by atomic mass is 9.78. The first-order valence-corrected chi connectivity index (χ1v) is 8.12. The molecule has 0 radical (unpaired) electrons. The van der Waals surface area contributed by atoms with Gasteiger partial charge in [-0.05, 0) is 44.0 Å². The molecule has 1 aliphatic heterocycles. The molecule has 0 amide bonds. The van der Waals surface area contributed by atoms with E-state index < -0.39 is 13.1 Å². The molecule has 0 spiro atoms. The summed E-state index contributed by atoms with van der Waals surface area (Å²) in [7, 11) is 0.216. The lowest BCUT2D eigenvalue weighted by Gasteiger charge is -2.23. The molecular weight excluding hydrogens is 285 g/mol. The number of carboxylic acid groups (broad SMARTS) is 1. The summed E-state index contributed by atoms with van der Waals surface area (Å²) in [5.41, 5.74) is 10.1. The van der Waals surface area contributed by atoms with Crippen molar-refractivity contribution in [1.29, 1.82) is 0 Å². The highest BCUT2D eigenvalue weighted by Gasteiger charge is 2.49. The van der Waals surface area contributed by atoms with E-state index in [0.717, 1.165) is 32.5 Å². The number of carboxylic acids is 1. The van der Waals surface area contributed by atoms with Gasteiger partial charge in [-0.3, -0.25) is 4.79 Å². The number of rotatable bonds is 7. The summed E-state index contributed by atoms with van der Waals surface area (Å²) in [6.07, 6.45) is 2.53. The van der Waals surface area contributed by atoms with Crippen LogP contribution in [0.1, 0.15) is 19.3 Å². The van der Waals surface area contributed by atoms with Crippen molar-refractivity contribution in [3.8, 4) is 0 Å². The minimum Gasteiger partial charge on any atom is -0.481 e. The van der Waals surface area contributed by atoms with E-state index in [0.29, 0.717) is 31.1 Å². The Hall–Kier alpha value is -0.665. The number of fused-ring (bicyclic) bond motifs is 1. The maximum absolute atomic E-state index is 11.4. The van der Waals surface area contributed by atoms with Gasteiger partial charge in [-0.15, -0.1) is 0 Å². The molecule has 8 heteroatoms. The Morgan fingerprint density at radius 1 is 1.32 bits per heavy atom. The Kier molecular flexibility index (Phi) is 8.34. The molecule has 0 aromatic carbocycles. The van der Waals surface area contributed by atoms with Crippen LogP contribution in [0.15, 0.2) is 0 Å². The molecule has 1 saturated carbocycles. The van der Waals surface area contributed by atoms with Gasteiger partial charge < -0.3 is 31.5 Å². The van der Waals surface area contributed by atoms with Gasteiger partial charge in [0.2, 0.25) is 0 Å². The van der Waals surface area contributed by atoms with E-state index in [2.05, 4.69) is 10.6 Å². The average molecular weight is 315 g/mol. The number of hydrogen-bond donors (Lipinski definition) is 5. The third kappa shape index (κ3) is 4.92. The van der Waals surface area contributed by atoms with Gasteiger partial charge >= 0.3 is 13.1 Å². The van der Waals surface area contributed by atoms with Crippen LogP contribution in [0, 0.1) is 23.7 Å². The highest BCUT2D eigenvalue weighted by Crippen LogP contribution is 2.48. The summed E-state index contributed by atoms with van der Waals surface area (Å²) in [5, 5.41) is 27.2. The maximum atomic E-state index is 11.4. The van der Waals surface area contributed by atoms with E-state index >= 15 is 0 Å². The normalized spacial score (nSPS) is 30.6. The summed E-state index contributed by atoms with van der Waals surface area (Å²) in [6, 6.07) is 0. The van der Waals surface area contributed by atoms with Gasteiger partial charge in [0.25, 0.3) is 0 Å². The summed E-state index contributed by atoms with van der Waals surface area (Å²) in [4.78, 5) is 13.7. The Morgan fingerprint density at radius 2 is 2.00 bits per heavy atom. The third-order valence-electron chi connectivity index (χ3n) is 4.95.